The Kier molecular flexibility index (Phi) is 6.57. The topological polar surface area (TPSA) is 32.7 Å². The molecule has 0 N–H and O–H groups in total. The van der Waals surface area contributed by atoms with Crippen LogP contribution in [0.1, 0.15) is 39.3 Å². The first-order valence-corrected chi connectivity index (χ1v) is 14.6. The molecule has 1 aliphatic heterocycles. The highest BCUT2D eigenvalue weighted by molar-refractivity contribution is 6.37. The molecule has 1 aliphatic carbocycles. The van der Waals surface area contributed by atoms with Gasteiger partial charge in [0.25, 0.3) is 0 Å². The van der Waals surface area contributed by atoms with E-state index in [1.54, 1.807) is 0 Å². The molecule has 204 valence electrons. The quantitative estimate of drug-likeness (QED) is 0.197. The summed E-state index contributed by atoms with van der Waals surface area (Å²) >= 11 is 12.6. The summed E-state index contributed by atoms with van der Waals surface area (Å²) in [7, 11) is 0. The fourth-order valence-corrected chi connectivity index (χ4v) is 6.52. The second-order valence-electron chi connectivity index (χ2n) is 10.7. The van der Waals surface area contributed by atoms with E-state index in [0.29, 0.717) is 15.6 Å². The molecule has 0 aromatic heterocycles. The first-order valence-electron chi connectivity index (χ1n) is 13.8. The summed E-state index contributed by atoms with van der Waals surface area (Å²) in [4.78, 5) is 15.3. The van der Waals surface area contributed by atoms with E-state index in [0.717, 1.165) is 44.8 Å². The third kappa shape index (κ3) is 4.20. The van der Waals surface area contributed by atoms with Gasteiger partial charge < -0.3 is 0 Å². The zero-order chi connectivity index (χ0) is 28.8. The lowest BCUT2D eigenvalue weighted by atomic mass is 9.71. The number of fused-ring (bicyclic) bond motifs is 2. The Bertz CT molecular complexity index is 1860. The largest absolute Gasteiger partial charge is 0.291 e. The van der Waals surface area contributed by atoms with Crippen LogP contribution < -0.4 is 5.01 Å². The standard InChI is InChI=1S/C37H26Cl2N2O/c1-24-11-15-27(16-12-24)35-34(26-17-21-29(39)22-18-26)37(41(40-35)30-7-3-2-4-8-30)33-10-6-5-9-31(33)32(36(37)42)23-25-13-19-28(38)20-14-25/h2-23,34H,1H3/b32-23+/t34-,37-/m0/s1. The van der Waals surface area contributed by atoms with Gasteiger partial charge in [0.1, 0.15) is 0 Å². The lowest BCUT2D eigenvalue weighted by molar-refractivity contribution is -0.118. The van der Waals surface area contributed by atoms with Crippen LogP contribution in [-0.2, 0) is 10.3 Å². The summed E-state index contributed by atoms with van der Waals surface area (Å²) in [6, 6.07) is 41.8. The molecule has 0 fully saturated rings. The number of Topliss-reactive ketones (excluding diaryl/α,β-unsaturated/α-hetero) is 1. The third-order valence-corrected chi connectivity index (χ3v) is 8.69. The predicted molar refractivity (Wildman–Crippen MR) is 173 cm³/mol. The van der Waals surface area contributed by atoms with Gasteiger partial charge >= 0.3 is 0 Å². The molecular weight excluding hydrogens is 559 g/mol. The number of hydrazone groups is 1. The zero-order valence-corrected chi connectivity index (χ0v) is 24.3. The number of hydrogen-bond acceptors (Lipinski definition) is 3. The summed E-state index contributed by atoms with van der Waals surface area (Å²) in [6.45, 7) is 2.07. The van der Waals surface area contributed by atoms with Gasteiger partial charge in [-0.3, -0.25) is 4.79 Å². The molecule has 1 spiro atoms. The Morgan fingerprint density at radius 3 is 2.05 bits per heavy atom. The minimum absolute atomic E-state index is 0.00619. The maximum Gasteiger partial charge on any atom is 0.196 e. The van der Waals surface area contributed by atoms with Gasteiger partial charge in [0.05, 0.1) is 17.3 Å². The summed E-state index contributed by atoms with van der Waals surface area (Å²) in [6.07, 6.45) is 1.97. The number of para-hydroxylation sites is 1. The molecule has 0 saturated carbocycles. The number of hydrogen-bond donors (Lipinski definition) is 0. The van der Waals surface area contributed by atoms with Gasteiger partial charge in [-0.1, -0.05) is 120 Å². The minimum atomic E-state index is -1.16. The number of ketones is 1. The normalized spacial score (nSPS) is 20.3. The number of carbonyl (C=O) groups excluding carboxylic acids is 1. The maximum absolute atomic E-state index is 15.3. The van der Waals surface area contributed by atoms with E-state index in [1.165, 1.54) is 0 Å². The fraction of sp³-hybridized carbons (Fsp3) is 0.0811. The van der Waals surface area contributed by atoms with Crippen molar-refractivity contribution in [2.75, 3.05) is 5.01 Å². The van der Waals surface area contributed by atoms with E-state index in [2.05, 4.69) is 37.3 Å². The van der Waals surface area contributed by atoms with Gasteiger partial charge in [-0.15, -0.1) is 0 Å². The molecule has 3 nitrogen and oxygen atoms in total. The van der Waals surface area contributed by atoms with E-state index >= 15 is 4.79 Å². The molecule has 5 aromatic rings. The molecule has 42 heavy (non-hydrogen) atoms. The summed E-state index contributed by atoms with van der Waals surface area (Å²) in [5.41, 5.74) is 6.98. The molecular formula is C37H26Cl2N2O. The van der Waals surface area contributed by atoms with Crippen LogP contribution in [0.3, 0.4) is 0 Å². The summed E-state index contributed by atoms with van der Waals surface area (Å²) in [5, 5.41) is 8.57. The van der Waals surface area contributed by atoms with Gasteiger partial charge in [-0.2, -0.15) is 5.10 Å². The third-order valence-electron chi connectivity index (χ3n) is 8.18. The van der Waals surface area contributed by atoms with Crippen LogP contribution >= 0.6 is 23.2 Å². The zero-order valence-electron chi connectivity index (χ0n) is 22.8. The van der Waals surface area contributed by atoms with Crippen molar-refractivity contribution in [2.45, 2.75) is 18.4 Å². The molecule has 2 aliphatic rings. The van der Waals surface area contributed by atoms with Gasteiger partial charge in [-0.25, -0.2) is 5.01 Å². The van der Waals surface area contributed by atoms with Crippen molar-refractivity contribution in [1.29, 1.82) is 0 Å². The number of carbonyl (C=O) groups is 1. The van der Waals surface area contributed by atoms with Crippen LogP contribution in [0.2, 0.25) is 10.0 Å². The average Bonchev–Trinajstić information content (AvgIpc) is 3.49. The van der Waals surface area contributed by atoms with Crippen LogP contribution in [0.5, 0.6) is 0 Å². The van der Waals surface area contributed by atoms with Crippen molar-refractivity contribution in [1.82, 2.24) is 0 Å². The van der Waals surface area contributed by atoms with Gasteiger partial charge in [-0.05, 0) is 77.2 Å². The number of aryl methyl sites for hydroxylation is 1. The van der Waals surface area contributed by atoms with Crippen molar-refractivity contribution in [3.05, 3.63) is 171 Å². The van der Waals surface area contributed by atoms with Crippen molar-refractivity contribution in [3.8, 4) is 0 Å². The number of anilines is 1. The number of rotatable bonds is 4. The first kappa shape index (κ1) is 26.5. The molecule has 0 amide bonds. The lowest BCUT2D eigenvalue weighted by Crippen LogP contribution is -2.49. The van der Waals surface area contributed by atoms with E-state index in [9.17, 15) is 0 Å². The molecule has 0 radical (unpaired) electrons. The molecule has 1 heterocycles. The van der Waals surface area contributed by atoms with E-state index in [-0.39, 0.29) is 5.78 Å². The van der Waals surface area contributed by atoms with Gasteiger partial charge in [0, 0.05) is 15.6 Å². The molecule has 5 heteroatoms. The summed E-state index contributed by atoms with van der Waals surface area (Å²) < 4.78 is 0. The highest BCUT2D eigenvalue weighted by Gasteiger charge is 2.63. The van der Waals surface area contributed by atoms with Crippen molar-refractivity contribution < 1.29 is 4.79 Å². The van der Waals surface area contributed by atoms with Crippen molar-refractivity contribution >= 4 is 52.0 Å². The number of nitrogens with zero attached hydrogens (tertiary/aromatic N) is 2. The van der Waals surface area contributed by atoms with Crippen LogP contribution in [-0.4, -0.2) is 11.5 Å². The van der Waals surface area contributed by atoms with Gasteiger partial charge in [0.15, 0.2) is 11.3 Å². The molecule has 0 unspecified atom stereocenters. The van der Waals surface area contributed by atoms with Crippen LogP contribution in [0.25, 0.3) is 11.6 Å². The lowest BCUT2D eigenvalue weighted by Gasteiger charge is -2.38. The van der Waals surface area contributed by atoms with Gasteiger partial charge in [0.2, 0.25) is 0 Å². The fourth-order valence-electron chi connectivity index (χ4n) is 6.26. The Morgan fingerprint density at radius 2 is 1.36 bits per heavy atom. The maximum atomic E-state index is 15.3. The highest BCUT2D eigenvalue weighted by Crippen LogP contribution is 2.58. The molecule has 7 rings (SSSR count). The second-order valence-corrected chi connectivity index (χ2v) is 11.6. The molecule has 0 bridgehead atoms. The molecule has 2 atom stereocenters. The monoisotopic (exact) mass is 584 g/mol. The van der Waals surface area contributed by atoms with Crippen LogP contribution in [0.15, 0.2) is 132 Å². The Labute approximate surface area is 255 Å². The number of benzene rings is 5. The van der Waals surface area contributed by atoms with E-state index < -0.39 is 11.5 Å². The number of halogens is 2. The van der Waals surface area contributed by atoms with Crippen molar-refractivity contribution in [2.24, 2.45) is 5.10 Å². The van der Waals surface area contributed by atoms with E-state index in [4.69, 9.17) is 28.3 Å². The highest BCUT2D eigenvalue weighted by atomic mass is 35.5. The average molecular weight is 586 g/mol. The smallest absolute Gasteiger partial charge is 0.196 e. The van der Waals surface area contributed by atoms with Crippen molar-refractivity contribution in [3.63, 3.8) is 0 Å². The summed E-state index contributed by atoms with van der Waals surface area (Å²) in [5.74, 6) is -0.421. The predicted octanol–water partition coefficient (Wildman–Crippen LogP) is 9.33. The molecule has 0 saturated heterocycles. The Balaban J connectivity index is 1.54. The molecule has 5 aromatic carbocycles. The SMILES string of the molecule is Cc1ccc(C2=NN(c3ccccc3)[C@]3(C(=O)/C(=C/c4ccc(Cl)cc4)c4ccccc43)[C@H]2c2ccc(Cl)cc2)cc1. The van der Waals surface area contributed by atoms with Crippen LogP contribution in [0, 0.1) is 6.92 Å². The Morgan fingerprint density at radius 1 is 0.738 bits per heavy atom. The first-order chi connectivity index (χ1) is 20.5. The second kappa shape index (κ2) is 10.4. The Hall–Kier alpha value is -4.44. The van der Waals surface area contributed by atoms with Crippen LogP contribution in [0.4, 0.5) is 5.69 Å². The van der Waals surface area contributed by atoms with E-state index in [1.807, 2.05) is 108 Å². The minimum Gasteiger partial charge on any atom is -0.291 e.